The van der Waals surface area contributed by atoms with Crippen LogP contribution in [0.25, 0.3) is 0 Å². The minimum absolute atomic E-state index is 0.244. The van der Waals surface area contributed by atoms with Gasteiger partial charge in [0, 0.05) is 6.04 Å². The van der Waals surface area contributed by atoms with Crippen LogP contribution in [0.2, 0.25) is 0 Å². The number of anilines is 2. The van der Waals surface area contributed by atoms with Crippen molar-refractivity contribution in [2.24, 2.45) is 5.41 Å². The summed E-state index contributed by atoms with van der Waals surface area (Å²) in [5.41, 5.74) is 6.94. The molecule has 18 heavy (non-hydrogen) atoms. The van der Waals surface area contributed by atoms with Gasteiger partial charge < -0.3 is 11.1 Å². The highest BCUT2D eigenvalue weighted by Gasteiger charge is 2.32. The molecule has 2 rings (SSSR count). The Balaban J connectivity index is 2.21. The second-order valence-corrected chi connectivity index (χ2v) is 5.71. The standard InChI is InChI=1S/C14H20N4/c1-14(2)6-4-3-5-12(14)18-13-10(8-15)7-11(16)9-17-13/h7,9,12H,3-6,16H2,1-2H3,(H,17,18). The number of nitrogens with two attached hydrogens (primary N) is 1. The maximum absolute atomic E-state index is 9.12. The first-order valence-corrected chi connectivity index (χ1v) is 6.45. The van der Waals surface area contributed by atoms with Crippen LogP contribution in [0.5, 0.6) is 0 Å². The number of rotatable bonds is 2. The molecule has 4 nitrogen and oxygen atoms in total. The highest BCUT2D eigenvalue weighted by molar-refractivity contribution is 5.57. The summed E-state index contributed by atoms with van der Waals surface area (Å²) in [7, 11) is 0. The maximum atomic E-state index is 9.12. The van der Waals surface area contributed by atoms with Crippen LogP contribution >= 0.6 is 0 Å². The number of nitrogen functional groups attached to an aromatic ring is 1. The average Bonchev–Trinajstić information content (AvgIpc) is 2.33. The van der Waals surface area contributed by atoms with E-state index in [1.54, 1.807) is 12.3 Å². The molecule has 96 valence electrons. The van der Waals surface area contributed by atoms with Gasteiger partial charge in [-0.1, -0.05) is 26.7 Å². The van der Waals surface area contributed by atoms with Gasteiger partial charge in [-0.25, -0.2) is 4.98 Å². The van der Waals surface area contributed by atoms with Crippen molar-refractivity contribution in [2.45, 2.75) is 45.6 Å². The predicted molar refractivity (Wildman–Crippen MR) is 73.0 cm³/mol. The lowest BCUT2D eigenvalue weighted by molar-refractivity contribution is 0.216. The molecule has 0 aliphatic heterocycles. The molecule has 0 radical (unpaired) electrons. The molecule has 0 saturated heterocycles. The zero-order chi connectivity index (χ0) is 13.2. The van der Waals surface area contributed by atoms with Crippen molar-refractivity contribution in [3.63, 3.8) is 0 Å². The van der Waals surface area contributed by atoms with E-state index >= 15 is 0 Å². The Kier molecular flexibility index (Phi) is 3.42. The molecule has 0 bridgehead atoms. The third kappa shape index (κ3) is 2.56. The average molecular weight is 244 g/mol. The Hall–Kier alpha value is -1.76. The van der Waals surface area contributed by atoms with Crippen molar-refractivity contribution in [1.82, 2.24) is 4.98 Å². The lowest BCUT2D eigenvalue weighted by Gasteiger charge is -2.39. The minimum atomic E-state index is 0.244. The first-order chi connectivity index (χ1) is 8.53. The highest BCUT2D eigenvalue weighted by Crippen LogP contribution is 2.37. The zero-order valence-corrected chi connectivity index (χ0v) is 11.0. The van der Waals surface area contributed by atoms with Crippen LogP contribution in [0.15, 0.2) is 12.3 Å². The van der Waals surface area contributed by atoms with E-state index < -0.39 is 0 Å². The highest BCUT2D eigenvalue weighted by atomic mass is 15.0. The van der Waals surface area contributed by atoms with Crippen molar-refractivity contribution >= 4 is 11.5 Å². The lowest BCUT2D eigenvalue weighted by Crippen LogP contribution is -2.39. The quantitative estimate of drug-likeness (QED) is 0.838. The van der Waals surface area contributed by atoms with Gasteiger partial charge in [-0.15, -0.1) is 0 Å². The van der Waals surface area contributed by atoms with Crippen LogP contribution in [0.3, 0.4) is 0 Å². The molecule has 1 aliphatic rings. The van der Waals surface area contributed by atoms with E-state index in [9.17, 15) is 0 Å². The predicted octanol–water partition coefficient (Wildman–Crippen LogP) is 2.92. The zero-order valence-electron chi connectivity index (χ0n) is 11.0. The molecule has 1 aliphatic carbocycles. The molecule has 1 heterocycles. The van der Waals surface area contributed by atoms with Crippen LogP contribution in [0.4, 0.5) is 11.5 Å². The third-order valence-corrected chi connectivity index (χ3v) is 3.85. The molecule has 0 spiro atoms. The van der Waals surface area contributed by atoms with Crippen molar-refractivity contribution in [2.75, 3.05) is 11.1 Å². The second kappa shape index (κ2) is 4.85. The van der Waals surface area contributed by atoms with Gasteiger partial charge in [0.2, 0.25) is 0 Å². The summed E-state index contributed by atoms with van der Waals surface area (Å²) >= 11 is 0. The molecule has 1 aromatic rings. The molecule has 1 saturated carbocycles. The Morgan fingerprint density at radius 3 is 2.94 bits per heavy atom. The third-order valence-electron chi connectivity index (χ3n) is 3.85. The Labute approximate surface area is 108 Å². The van der Waals surface area contributed by atoms with Crippen molar-refractivity contribution in [1.29, 1.82) is 5.26 Å². The minimum Gasteiger partial charge on any atom is -0.397 e. The molecule has 0 aromatic carbocycles. The van der Waals surface area contributed by atoms with E-state index in [0.717, 1.165) is 6.42 Å². The largest absolute Gasteiger partial charge is 0.397 e. The second-order valence-electron chi connectivity index (χ2n) is 5.71. The first kappa shape index (κ1) is 12.7. The van der Waals surface area contributed by atoms with Gasteiger partial charge in [-0.2, -0.15) is 5.26 Å². The number of hydrogen-bond acceptors (Lipinski definition) is 4. The molecular weight excluding hydrogens is 224 g/mol. The smallest absolute Gasteiger partial charge is 0.144 e. The lowest BCUT2D eigenvalue weighted by atomic mass is 9.73. The monoisotopic (exact) mass is 244 g/mol. The van der Waals surface area contributed by atoms with E-state index in [1.807, 2.05) is 0 Å². The Bertz CT molecular complexity index is 473. The molecule has 3 N–H and O–H groups in total. The van der Waals surface area contributed by atoms with Gasteiger partial charge in [0.1, 0.15) is 11.9 Å². The summed E-state index contributed by atoms with van der Waals surface area (Å²) in [5.74, 6) is 0.659. The fourth-order valence-electron chi connectivity index (χ4n) is 2.61. The van der Waals surface area contributed by atoms with Crippen molar-refractivity contribution < 1.29 is 0 Å². The van der Waals surface area contributed by atoms with Crippen LogP contribution in [0, 0.1) is 16.7 Å². The fraction of sp³-hybridized carbons (Fsp3) is 0.571. The number of nitrogens with zero attached hydrogens (tertiary/aromatic N) is 2. The van der Waals surface area contributed by atoms with Crippen LogP contribution in [0.1, 0.15) is 45.1 Å². The van der Waals surface area contributed by atoms with E-state index in [-0.39, 0.29) is 5.41 Å². The Morgan fingerprint density at radius 2 is 2.28 bits per heavy atom. The SMILES string of the molecule is CC1(C)CCCCC1Nc1ncc(N)cc1C#N. The van der Waals surface area contributed by atoms with Gasteiger partial charge in [0.25, 0.3) is 0 Å². The molecule has 0 amide bonds. The summed E-state index contributed by atoms with van der Waals surface area (Å²) in [6.45, 7) is 4.54. The number of pyridine rings is 1. The van der Waals surface area contributed by atoms with E-state index in [2.05, 4.69) is 30.2 Å². The van der Waals surface area contributed by atoms with Crippen LogP contribution in [-0.2, 0) is 0 Å². The van der Waals surface area contributed by atoms with E-state index in [4.69, 9.17) is 11.0 Å². The van der Waals surface area contributed by atoms with Crippen molar-refractivity contribution in [3.8, 4) is 6.07 Å². The fourth-order valence-corrected chi connectivity index (χ4v) is 2.61. The number of hydrogen-bond donors (Lipinski definition) is 2. The topological polar surface area (TPSA) is 74.7 Å². The van der Waals surface area contributed by atoms with Crippen molar-refractivity contribution in [3.05, 3.63) is 17.8 Å². The molecular formula is C14H20N4. The molecule has 1 aromatic heterocycles. The number of nitriles is 1. The van der Waals surface area contributed by atoms with Crippen LogP contribution in [-0.4, -0.2) is 11.0 Å². The summed E-state index contributed by atoms with van der Waals surface area (Å²) in [5, 5.41) is 12.5. The van der Waals surface area contributed by atoms with Gasteiger partial charge in [0.05, 0.1) is 17.4 Å². The van der Waals surface area contributed by atoms with Gasteiger partial charge >= 0.3 is 0 Å². The summed E-state index contributed by atoms with van der Waals surface area (Å²) in [4.78, 5) is 4.25. The normalized spacial score (nSPS) is 22.2. The van der Waals surface area contributed by atoms with E-state index in [1.165, 1.54) is 19.3 Å². The van der Waals surface area contributed by atoms with Crippen LogP contribution < -0.4 is 11.1 Å². The van der Waals surface area contributed by atoms with Gasteiger partial charge in [0.15, 0.2) is 0 Å². The summed E-state index contributed by atoms with van der Waals surface area (Å²) < 4.78 is 0. The molecule has 1 unspecified atom stereocenters. The van der Waals surface area contributed by atoms with Gasteiger partial charge in [-0.3, -0.25) is 0 Å². The Morgan fingerprint density at radius 1 is 1.50 bits per heavy atom. The maximum Gasteiger partial charge on any atom is 0.144 e. The number of nitrogens with one attached hydrogen (secondary N) is 1. The molecule has 1 atom stereocenters. The summed E-state index contributed by atoms with van der Waals surface area (Å²) in [6.07, 6.45) is 6.45. The van der Waals surface area contributed by atoms with Gasteiger partial charge in [-0.05, 0) is 24.3 Å². The van der Waals surface area contributed by atoms with E-state index in [0.29, 0.717) is 23.1 Å². The first-order valence-electron chi connectivity index (χ1n) is 6.45. The molecule has 4 heteroatoms. The number of aromatic nitrogens is 1. The summed E-state index contributed by atoms with van der Waals surface area (Å²) in [6, 6.07) is 4.19. The molecule has 1 fully saturated rings.